The summed E-state index contributed by atoms with van der Waals surface area (Å²) in [6, 6.07) is 0. The van der Waals surface area contributed by atoms with E-state index < -0.39 is 23.6 Å². The fourth-order valence-corrected chi connectivity index (χ4v) is 1.36. The first-order valence-corrected chi connectivity index (χ1v) is 4.94. The van der Waals surface area contributed by atoms with Crippen LogP contribution >= 0.6 is 0 Å². The fourth-order valence-electron chi connectivity index (χ4n) is 1.36. The summed E-state index contributed by atoms with van der Waals surface area (Å²) in [7, 11) is 2.22. The Morgan fingerprint density at radius 2 is 2.05 bits per heavy atom. The molecule has 0 saturated carbocycles. The summed E-state index contributed by atoms with van der Waals surface area (Å²) in [6.45, 7) is -0.355. The quantitative estimate of drug-likeness (QED) is 0.835. The molecule has 2 N–H and O–H groups in total. The number of pyridine rings is 1. The monoisotopic (exact) mass is 280 g/mol. The first kappa shape index (κ1) is 15.0. The number of carbonyl (C=O) groups excluding carboxylic acids is 1. The normalized spacial score (nSPS) is 11.1. The highest BCUT2D eigenvalue weighted by Gasteiger charge is 2.35. The second-order valence-electron chi connectivity index (χ2n) is 3.23. The molecule has 0 atom stereocenters. The summed E-state index contributed by atoms with van der Waals surface area (Å²) in [5.41, 5.74) is 4.67. The van der Waals surface area contributed by atoms with Gasteiger partial charge in [-0.2, -0.15) is 0 Å². The predicted molar refractivity (Wildman–Crippen MR) is 56.7 cm³/mol. The molecule has 0 spiro atoms. The van der Waals surface area contributed by atoms with Crippen LogP contribution in [0.1, 0.15) is 15.9 Å². The van der Waals surface area contributed by atoms with Crippen LogP contribution in [0.2, 0.25) is 0 Å². The SMILES string of the molecule is COC(=O)c1cnc(OC)c(CN)c1OC(F)(F)F. The first-order chi connectivity index (χ1) is 8.84. The van der Waals surface area contributed by atoms with Crippen molar-refractivity contribution in [3.05, 3.63) is 17.3 Å². The Bertz CT molecular complexity index is 477. The maximum absolute atomic E-state index is 12.4. The molecule has 0 fully saturated rings. The lowest BCUT2D eigenvalue weighted by molar-refractivity contribution is -0.275. The van der Waals surface area contributed by atoms with Crippen molar-refractivity contribution < 1.29 is 32.2 Å². The minimum Gasteiger partial charge on any atom is -0.481 e. The number of nitrogens with zero attached hydrogens (tertiary/aromatic N) is 1. The van der Waals surface area contributed by atoms with E-state index in [1.807, 2.05) is 0 Å². The maximum atomic E-state index is 12.4. The lowest BCUT2D eigenvalue weighted by atomic mass is 10.1. The van der Waals surface area contributed by atoms with Gasteiger partial charge in [0.15, 0.2) is 5.75 Å². The van der Waals surface area contributed by atoms with Crippen LogP contribution in [-0.4, -0.2) is 31.5 Å². The van der Waals surface area contributed by atoms with Crippen molar-refractivity contribution in [2.75, 3.05) is 14.2 Å². The number of nitrogens with two attached hydrogens (primary N) is 1. The molecule has 0 aliphatic heterocycles. The summed E-state index contributed by atoms with van der Waals surface area (Å²) < 4.78 is 50.0. The third-order valence-corrected chi connectivity index (χ3v) is 2.11. The van der Waals surface area contributed by atoms with Crippen LogP contribution in [0, 0.1) is 0 Å². The molecule has 0 aliphatic rings. The summed E-state index contributed by atoms with van der Waals surface area (Å²) in [6.07, 6.45) is -4.12. The maximum Gasteiger partial charge on any atom is 0.573 e. The Kier molecular flexibility index (Phi) is 4.54. The molecule has 0 aliphatic carbocycles. The molecule has 19 heavy (non-hydrogen) atoms. The second-order valence-corrected chi connectivity index (χ2v) is 3.23. The zero-order chi connectivity index (χ0) is 14.6. The van der Waals surface area contributed by atoms with Crippen LogP contribution in [0.15, 0.2) is 6.20 Å². The number of alkyl halides is 3. The van der Waals surface area contributed by atoms with Gasteiger partial charge in [0.05, 0.1) is 19.8 Å². The largest absolute Gasteiger partial charge is 0.573 e. The molecule has 1 aromatic heterocycles. The first-order valence-electron chi connectivity index (χ1n) is 4.94. The van der Waals surface area contributed by atoms with Gasteiger partial charge in [-0.1, -0.05) is 0 Å². The molecule has 0 bridgehead atoms. The van der Waals surface area contributed by atoms with Crippen molar-refractivity contribution in [2.45, 2.75) is 12.9 Å². The van der Waals surface area contributed by atoms with E-state index in [-0.39, 0.29) is 18.0 Å². The van der Waals surface area contributed by atoms with Crippen LogP contribution in [0.3, 0.4) is 0 Å². The van der Waals surface area contributed by atoms with Crippen LogP contribution in [0.25, 0.3) is 0 Å². The molecule has 0 unspecified atom stereocenters. The smallest absolute Gasteiger partial charge is 0.481 e. The van der Waals surface area contributed by atoms with E-state index >= 15 is 0 Å². The van der Waals surface area contributed by atoms with Gasteiger partial charge in [0.25, 0.3) is 0 Å². The van der Waals surface area contributed by atoms with E-state index in [4.69, 9.17) is 10.5 Å². The average Bonchev–Trinajstić information content (AvgIpc) is 2.35. The van der Waals surface area contributed by atoms with Gasteiger partial charge in [-0.25, -0.2) is 9.78 Å². The zero-order valence-electron chi connectivity index (χ0n) is 10.1. The van der Waals surface area contributed by atoms with Crippen molar-refractivity contribution in [3.63, 3.8) is 0 Å². The van der Waals surface area contributed by atoms with Crippen LogP contribution in [-0.2, 0) is 11.3 Å². The standard InChI is InChI=1S/C10H11F3N2O4/c1-17-8-5(3-14)7(19-10(11,12)13)6(4-15-8)9(16)18-2/h4H,3,14H2,1-2H3. The number of aromatic nitrogens is 1. The lowest BCUT2D eigenvalue weighted by Gasteiger charge is -2.16. The number of hydrogen-bond donors (Lipinski definition) is 1. The summed E-state index contributed by atoms with van der Waals surface area (Å²) in [5, 5.41) is 0. The Morgan fingerprint density at radius 1 is 1.42 bits per heavy atom. The molecule has 0 radical (unpaired) electrons. The number of esters is 1. The van der Waals surface area contributed by atoms with Crippen LogP contribution < -0.4 is 15.2 Å². The van der Waals surface area contributed by atoms with E-state index in [0.717, 1.165) is 13.3 Å². The zero-order valence-corrected chi connectivity index (χ0v) is 10.1. The third kappa shape index (κ3) is 3.47. The predicted octanol–water partition coefficient (Wildman–Crippen LogP) is 1.23. The van der Waals surface area contributed by atoms with E-state index in [0.29, 0.717) is 0 Å². The second kappa shape index (κ2) is 5.74. The molecule has 1 aromatic rings. The molecular weight excluding hydrogens is 269 g/mol. The van der Waals surface area contributed by atoms with Crippen molar-refractivity contribution in [3.8, 4) is 11.6 Å². The molecule has 0 saturated heterocycles. The lowest BCUT2D eigenvalue weighted by Crippen LogP contribution is -2.22. The third-order valence-electron chi connectivity index (χ3n) is 2.11. The molecule has 0 amide bonds. The van der Waals surface area contributed by atoms with Gasteiger partial charge in [-0.3, -0.25) is 0 Å². The number of hydrogen-bond acceptors (Lipinski definition) is 6. The number of rotatable bonds is 4. The average molecular weight is 280 g/mol. The van der Waals surface area contributed by atoms with Gasteiger partial charge in [0, 0.05) is 12.7 Å². The summed E-state index contributed by atoms with van der Waals surface area (Å²) in [5.74, 6) is -1.95. The van der Waals surface area contributed by atoms with Crippen LogP contribution in [0.4, 0.5) is 13.2 Å². The van der Waals surface area contributed by atoms with Crippen LogP contribution in [0.5, 0.6) is 11.6 Å². The molecule has 1 rings (SSSR count). The van der Waals surface area contributed by atoms with Gasteiger partial charge in [0.2, 0.25) is 5.88 Å². The molecule has 6 nitrogen and oxygen atoms in total. The Hall–Kier alpha value is -2.03. The van der Waals surface area contributed by atoms with Crippen molar-refractivity contribution in [1.29, 1.82) is 0 Å². The van der Waals surface area contributed by atoms with E-state index in [1.165, 1.54) is 7.11 Å². The highest BCUT2D eigenvalue weighted by molar-refractivity contribution is 5.92. The molecular formula is C10H11F3N2O4. The Labute approximate surface area is 106 Å². The number of ether oxygens (including phenoxy) is 3. The van der Waals surface area contributed by atoms with Gasteiger partial charge in [-0.05, 0) is 0 Å². The summed E-state index contributed by atoms with van der Waals surface area (Å²) in [4.78, 5) is 15.1. The van der Waals surface area contributed by atoms with Gasteiger partial charge >= 0.3 is 12.3 Å². The van der Waals surface area contributed by atoms with Gasteiger partial charge < -0.3 is 19.9 Å². The van der Waals surface area contributed by atoms with E-state index in [2.05, 4.69) is 14.5 Å². The highest BCUT2D eigenvalue weighted by Crippen LogP contribution is 2.34. The Balaban J connectivity index is 3.44. The minimum atomic E-state index is -4.99. The van der Waals surface area contributed by atoms with E-state index in [9.17, 15) is 18.0 Å². The van der Waals surface area contributed by atoms with Gasteiger partial charge in [-0.15, -0.1) is 13.2 Å². The number of halogens is 3. The van der Waals surface area contributed by atoms with E-state index in [1.54, 1.807) is 0 Å². The number of methoxy groups -OCH3 is 2. The number of carbonyl (C=O) groups is 1. The highest BCUT2D eigenvalue weighted by atomic mass is 19.4. The molecule has 0 aromatic carbocycles. The molecule has 9 heteroatoms. The topological polar surface area (TPSA) is 83.7 Å². The molecule has 106 valence electrons. The van der Waals surface area contributed by atoms with Gasteiger partial charge in [0.1, 0.15) is 5.56 Å². The minimum absolute atomic E-state index is 0.158. The Morgan fingerprint density at radius 3 is 2.47 bits per heavy atom. The fraction of sp³-hybridized carbons (Fsp3) is 0.400. The van der Waals surface area contributed by atoms with Crippen molar-refractivity contribution >= 4 is 5.97 Å². The summed E-state index contributed by atoms with van der Waals surface area (Å²) >= 11 is 0. The van der Waals surface area contributed by atoms with Crippen molar-refractivity contribution in [1.82, 2.24) is 4.98 Å². The molecule has 1 heterocycles. The van der Waals surface area contributed by atoms with Crippen molar-refractivity contribution in [2.24, 2.45) is 5.73 Å².